The van der Waals surface area contributed by atoms with Crippen molar-refractivity contribution in [2.75, 3.05) is 49.2 Å². The molecule has 0 amide bonds. The number of benzene rings is 1. The molecule has 1 atom stereocenters. The van der Waals surface area contributed by atoms with Crippen LogP contribution in [0.2, 0.25) is 0 Å². The summed E-state index contributed by atoms with van der Waals surface area (Å²) in [6.45, 7) is 8.37. The number of nitrogens with zero attached hydrogens (tertiary/aromatic N) is 8. The minimum absolute atomic E-state index is 0.147. The summed E-state index contributed by atoms with van der Waals surface area (Å²) >= 11 is 0. The van der Waals surface area contributed by atoms with Crippen LogP contribution in [0.15, 0.2) is 39.0 Å². The monoisotopic (exact) mass is 468 g/mol. The van der Waals surface area contributed by atoms with Crippen molar-refractivity contribution in [3.63, 3.8) is 0 Å². The van der Waals surface area contributed by atoms with Gasteiger partial charge in [-0.2, -0.15) is 10.1 Å². The molecule has 1 fully saturated rings. The zero-order valence-electron chi connectivity index (χ0n) is 19.9. The lowest BCUT2D eigenvalue weighted by atomic mass is 10.2. The van der Waals surface area contributed by atoms with Gasteiger partial charge < -0.3 is 4.90 Å². The molecule has 10 nitrogen and oxygen atoms in total. The van der Waals surface area contributed by atoms with E-state index in [0.717, 1.165) is 43.0 Å². The maximum absolute atomic E-state index is 14.1. The number of fused-ring (bicyclic) bond motifs is 3. The Hall–Kier alpha value is -3.47. The van der Waals surface area contributed by atoms with Crippen molar-refractivity contribution in [3.8, 4) is 0 Å². The number of halogens is 1. The zero-order chi connectivity index (χ0) is 24.1. The highest BCUT2D eigenvalue weighted by Gasteiger charge is 2.30. The molecule has 2 aromatic heterocycles. The molecule has 4 heterocycles. The second-order valence-electron chi connectivity index (χ2n) is 8.98. The summed E-state index contributed by atoms with van der Waals surface area (Å²) in [6, 6.07) is 6.73. The van der Waals surface area contributed by atoms with Gasteiger partial charge in [-0.15, -0.1) is 0 Å². The predicted molar refractivity (Wildman–Crippen MR) is 130 cm³/mol. The van der Waals surface area contributed by atoms with Gasteiger partial charge in [0.25, 0.3) is 5.56 Å². The van der Waals surface area contributed by atoms with Crippen LogP contribution >= 0.6 is 0 Å². The minimum atomic E-state index is -0.405. The molecule has 0 N–H and O–H groups in total. The molecule has 0 spiro atoms. The van der Waals surface area contributed by atoms with Crippen molar-refractivity contribution < 1.29 is 4.39 Å². The molecule has 11 heteroatoms. The van der Waals surface area contributed by atoms with E-state index in [4.69, 9.17) is 5.10 Å². The van der Waals surface area contributed by atoms with Crippen LogP contribution in [0, 0.1) is 5.82 Å². The highest BCUT2D eigenvalue weighted by atomic mass is 19.1. The fourth-order valence-electron chi connectivity index (χ4n) is 4.76. The minimum Gasteiger partial charge on any atom is -0.367 e. The van der Waals surface area contributed by atoms with E-state index in [0.29, 0.717) is 29.3 Å². The molecular weight excluding hydrogens is 439 g/mol. The average Bonchev–Trinajstić information content (AvgIpc) is 3.25. The number of aromatic nitrogens is 4. The maximum atomic E-state index is 14.1. The number of anilines is 2. The molecule has 2 aliphatic heterocycles. The van der Waals surface area contributed by atoms with Crippen LogP contribution in [0.4, 0.5) is 16.0 Å². The Morgan fingerprint density at radius 1 is 1.03 bits per heavy atom. The number of para-hydroxylation sites is 1. The van der Waals surface area contributed by atoms with Crippen molar-refractivity contribution in [1.29, 1.82) is 0 Å². The number of hydrazone groups is 1. The Morgan fingerprint density at radius 2 is 1.74 bits per heavy atom. The van der Waals surface area contributed by atoms with Gasteiger partial charge in [0.1, 0.15) is 5.82 Å². The molecule has 5 rings (SSSR count). The van der Waals surface area contributed by atoms with E-state index in [1.54, 1.807) is 13.1 Å². The Bertz CT molecular complexity index is 1400. The Kier molecular flexibility index (Phi) is 5.51. The smallest absolute Gasteiger partial charge is 0.332 e. The van der Waals surface area contributed by atoms with E-state index < -0.39 is 5.69 Å². The van der Waals surface area contributed by atoms with E-state index in [1.165, 1.54) is 17.7 Å². The van der Waals surface area contributed by atoms with Crippen molar-refractivity contribution >= 4 is 28.5 Å². The van der Waals surface area contributed by atoms with Gasteiger partial charge in [0, 0.05) is 46.8 Å². The SMILES string of the molecule is CC1=NN(CCN2CCN(c3ccccc3F)CC2)c2nc3c(c(=O)n(C)c(=O)n3C)n2C1C. The van der Waals surface area contributed by atoms with Gasteiger partial charge in [-0.05, 0) is 26.0 Å². The normalized spacial score (nSPS) is 19.0. The summed E-state index contributed by atoms with van der Waals surface area (Å²) in [5, 5.41) is 6.57. The van der Waals surface area contributed by atoms with Gasteiger partial charge in [0.15, 0.2) is 11.2 Å². The van der Waals surface area contributed by atoms with Crippen LogP contribution in [0.25, 0.3) is 11.2 Å². The van der Waals surface area contributed by atoms with Crippen molar-refractivity contribution in [1.82, 2.24) is 23.6 Å². The van der Waals surface area contributed by atoms with E-state index in [9.17, 15) is 14.0 Å². The molecule has 1 saturated heterocycles. The number of hydrogen-bond acceptors (Lipinski definition) is 7. The number of imidazole rings is 1. The third kappa shape index (κ3) is 3.51. The summed E-state index contributed by atoms with van der Waals surface area (Å²) in [5.74, 6) is 0.374. The van der Waals surface area contributed by atoms with Crippen LogP contribution in [0.1, 0.15) is 19.9 Å². The first-order valence-corrected chi connectivity index (χ1v) is 11.5. The lowest BCUT2D eigenvalue weighted by Gasteiger charge is -2.37. The predicted octanol–water partition coefficient (Wildman–Crippen LogP) is 1.15. The van der Waals surface area contributed by atoms with Gasteiger partial charge in [0.2, 0.25) is 5.95 Å². The first-order chi connectivity index (χ1) is 16.3. The number of aryl methyl sites for hydroxylation is 1. The molecule has 0 radical (unpaired) electrons. The van der Waals surface area contributed by atoms with Crippen molar-refractivity contribution in [2.45, 2.75) is 19.9 Å². The number of rotatable bonds is 4. The first-order valence-electron chi connectivity index (χ1n) is 11.5. The third-order valence-electron chi connectivity index (χ3n) is 6.97. The topological polar surface area (TPSA) is 83.9 Å². The Labute approximate surface area is 196 Å². The Balaban J connectivity index is 1.36. The van der Waals surface area contributed by atoms with Crippen LogP contribution in [-0.4, -0.2) is 68.6 Å². The number of piperazine rings is 1. The molecule has 1 aromatic carbocycles. The second-order valence-corrected chi connectivity index (χ2v) is 8.98. The second kappa shape index (κ2) is 8.39. The fourth-order valence-corrected chi connectivity index (χ4v) is 4.76. The molecular formula is C23H29FN8O2. The summed E-state index contributed by atoms with van der Waals surface area (Å²) < 4.78 is 18.5. The lowest BCUT2D eigenvalue weighted by molar-refractivity contribution is 0.261. The van der Waals surface area contributed by atoms with Crippen LogP contribution in [0.5, 0.6) is 0 Å². The number of hydrogen-bond donors (Lipinski definition) is 0. The van der Waals surface area contributed by atoms with Crippen molar-refractivity contribution in [2.24, 2.45) is 19.2 Å². The van der Waals surface area contributed by atoms with E-state index in [-0.39, 0.29) is 17.4 Å². The van der Waals surface area contributed by atoms with Gasteiger partial charge in [-0.25, -0.2) is 14.2 Å². The summed E-state index contributed by atoms with van der Waals surface area (Å²) in [6.07, 6.45) is 0. The summed E-state index contributed by atoms with van der Waals surface area (Å²) in [4.78, 5) is 34.5. The molecule has 0 aliphatic carbocycles. The Morgan fingerprint density at radius 3 is 2.44 bits per heavy atom. The standard InChI is InChI=1S/C23H29FN8O2/c1-15-16(2)32-19-20(27(3)23(34)28(4)21(19)33)25-22(32)31(26-15)14-11-29-9-12-30(13-10-29)18-8-6-5-7-17(18)24/h5-8,16H,9-14H2,1-4H3. The van der Waals surface area contributed by atoms with Gasteiger partial charge in [-0.3, -0.25) is 23.4 Å². The van der Waals surface area contributed by atoms with Crippen molar-refractivity contribution in [3.05, 3.63) is 50.9 Å². The summed E-state index contributed by atoms with van der Waals surface area (Å²) in [7, 11) is 3.11. The third-order valence-corrected chi connectivity index (χ3v) is 6.97. The highest BCUT2D eigenvalue weighted by molar-refractivity contribution is 5.91. The molecule has 0 saturated carbocycles. The van der Waals surface area contributed by atoms with Gasteiger partial charge in [-0.1, -0.05) is 12.1 Å². The maximum Gasteiger partial charge on any atom is 0.332 e. The molecule has 3 aromatic rings. The zero-order valence-corrected chi connectivity index (χ0v) is 19.9. The van der Waals surface area contributed by atoms with E-state index >= 15 is 0 Å². The van der Waals surface area contributed by atoms with Crippen LogP contribution in [0.3, 0.4) is 0 Å². The lowest BCUT2D eigenvalue weighted by Crippen LogP contribution is -2.49. The molecule has 34 heavy (non-hydrogen) atoms. The van der Waals surface area contributed by atoms with Crippen LogP contribution in [-0.2, 0) is 14.1 Å². The van der Waals surface area contributed by atoms with E-state index in [2.05, 4.69) is 14.8 Å². The van der Waals surface area contributed by atoms with E-state index in [1.807, 2.05) is 35.6 Å². The fraction of sp³-hybridized carbons (Fsp3) is 0.478. The molecule has 1 unspecified atom stereocenters. The highest BCUT2D eigenvalue weighted by Crippen LogP contribution is 2.29. The summed E-state index contributed by atoms with van der Waals surface area (Å²) in [5.41, 5.74) is 1.52. The largest absolute Gasteiger partial charge is 0.367 e. The molecule has 2 aliphatic rings. The average molecular weight is 469 g/mol. The quantitative estimate of drug-likeness (QED) is 0.571. The van der Waals surface area contributed by atoms with Crippen LogP contribution < -0.4 is 21.2 Å². The molecule has 180 valence electrons. The van der Waals surface area contributed by atoms with Gasteiger partial charge >= 0.3 is 5.69 Å². The van der Waals surface area contributed by atoms with Gasteiger partial charge in [0.05, 0.1) is 24.0 Å². The first kappa shape index (κ1) is 22.3. The molecule has 0 bridgehead atoms.